The van der Waals surface area contributed by atoms with Crippen LogP contribution < -0.4 is 5.32 Å². The van der Waals surface area contributed by atoms with Crippen molar-refractivity contribution in [3.63, 3.8) is 0 Å². The summed E-state index contributed by atoms with van der Waals surface area (Å²) >= 11 is 0. The minimum atomic E-state index is 0.608. The number of hydrogen-bond donors (Lipinski definition) is 2. The van der Waals surface area contributed by atoms with Crippen LogP contribution in [0.25, 0.3) is 22.2 Å². The van der Waals surface area contributed by atoms with Crippen LogP contribution in [-0.4, -0.2) is 41.6 Å². The third-order valence-electron chi connectivity index (χ3n) is 5.39. The fourth-order valence-corrected chi connectivity index (χ4v) is 4.05. The summed E-state index contributed by atoms with van der Waals surface area (Å²) in [6, 6.07) is 20.6. The largest absolute Gasteiger partial charge is 0.354 e. The SMILES string of the molecule is CC(C)N(CC[NH2+]CCc1c(-c2ccccc2)[nH]c2ccccc12)C(C)C. The van der Waals surface area contributed by atoms with Gasteiger partial charge in [0.25, 0.3) is 0 Å². The quantitative estimate of drug-likeness (QED) is 0.552. The van der Waals surface area contributed by atoms with Gasteiger partial charge in [0.05, 0.1) is 13.1 Å². The second-order valence-electron chi connectivity index (χ2n) is 7.93. The van der Waals surface area contributed by atoms with E-state index in [4.69, 9.17) is 0 Å². The molecule has 0 atom stereocenters. The first-order valence-electron chi connectivity index (χ1n) is 10.3. The highest BCUT2D eigenvalue weighted by atomic mass is 15.2. The number of aromatic nitrogens is 1. The van der Waals surface area contributed by atoms with Crippen LogP contribution in [0.5, 0.6) is 0 Å². The number of nitrogens with zero attached hydrogens (tertiary/aromatic N) is 1. The molecule has 0 bridgehead atoms. The van der Waals surface area contributed by atoms with Crippen molar-refractivity contribution in [1.29, 1.82) is 0 Å². The second-order valence-corrected chi connectivity index (χ2v) is 7.93. The van der Waals surface area contributed by atoms with Crippen molar-refractivity contribution < 1.29 is 5.32 Å². The van der Waals surface area contributed by atoms with Gasteiger partial charge in [-0.05, 0) is 44.9 Å². The Morgan fingerprint density at radius 3 is 2.22 bits per heavy atom. The molecule has 0 amide bonds. The number of hydrogen-bond acceptors (Lipinski definition) is 1. The first-order valence-corrected chi connectivity index (χ1v) is 10.3. The zero-order valence-corrected chi connectivity index (χ0v) is 17.2. The van der Waals surface area contributed by atoms with Gasteiger partial charge in [0.1, 0.15) is 0 Å². The number of benzene rings is 2. The number of fused-ring (bicyclic) bond motifs is 1. The lowest BCUT2D eigenvalue weighted by Gasteiger charge is -2.29. The molecule has 0 spiro atoms. The fourth-order valence-electron chi connectivity index (χ4n) is 4.05. The van der Waals surface area contributed by atoms with Crippen LogP contribution in [0.1, 0.15) is 33.3 Å². The van der Waals surface area contributed by atoms with Crippen molar-refractivity contribution in [3.8, 4) is 11.3 Å². The van der Waals surface area contributed by atoms with Gasteiger partial charge in [-0.2, -0.15) is 0 Å². The molecule has 0 fully saturated rings. The number of quaternary nitrogens is 1. The van der Waals surface area contributed by atoms with Crippen molar-refractivity contribution in [2.75, 3.05) is 19.6 Å². The smallest absolute Gasteiger partial charge is 0.0884 e. The molecule has 27 heavy (non-hydrogen) atoms. The van der Waals surface area contributed by atoms with Gasteiger partial charge in [0.2, 0.25) is 0 Å². The van der Waals surface area contributed by atoms with E-state index in [0.717, 1.165) is 26.1 Å². The molecule has 1 heterocycles. The van der Waals surface area contributed by atoms with Crippen LogP contribution in [0.3, 0.4) is 0 Å². The normalized spacial score (nSPS) is 12.0. The van der Waals surface area contributed by atoms with Crippen molar-refractivity contribution >= 4 is 10.9 Å². The van der Waals surface area contributed by atoms with Crippen LogP contribution in [-0.2, 0) is 6.42 Å². The van der Waals surface area contributed by atoms with Gasteiger partial charge in [-0.1, -0.05) is 48.5 Å². The molecule has 0 saturated heterocycles. The van der Waals surface area contributed by atoms with Crippen molar-refractivity contribution in [2.45, 2.75) is 46.2 Å². The van der Waals surface area contributed by atoms with Crippen molar-refractivity contribution in [1.82, 2.24) is 9.88 Å². The molecule has 1 aromatic heterocycles. The highest BCUT2D eigenvalue weighted by Crippen LogP contribution is 2.30. The van der Waals surface area contributed by atoms with Crippen LogP contribution >= 0.6 is 0 Å². The minimum Gasteiger partial charge on any atom is -0.354 e. The van der Waals surface area contributed by atoms with Gasteiger partial charge in [-0.3, -0.25) is 4.90 Å². The molecule has 0 aliphatic carbocycles. The molecule has 3 rings (SSSR count). The van der Waals surface area contributed by atoms with Crippen molar-refractivity contribution in [3.05, 3.63) is 60.2 Å². The Labute approximate surface area is 163 Å². The highest BCUT2D eigenvalue weighted by molar-refractivity contribution is 5.90. The first-order chi connectivity index (χ1) is 13.1. The summed E-state index contributed by atoms with van der Waals surface area (Å²) in [5.74, 6) is 0. The number of rotatable bonds is 9. The molecular formula is C24H34N3+. The van der Waals surface area contributed by atoms with E-state index in [1.54, 1.807) is 0 Å². The molecule has 3 heteroatoms. The van der Waals surface area contributed by atoms with Gasteiger partial charge in [-0.25, -0.2) is 0 Å². The second kappa shape index (κ2) is 9.20. The topological polar surface area (TPSA) is 35.6 Å². The molecule has 0 radical (unpaired) electrons. The average Bonchev–Trinajstić information content (AvgIpc) is 3.03. The number of H-pyrrole nitrogens is 1. The Morgan fingerprint density at radius 2 is 1.52 bits per heavy atom. The van der Waals surface area contributed by atoms with E-state index in [0.29, 0.717) is 12.1 Å². The van der Waals surface area contributed by atoms with E-state index in [-0.39, 0.29) is 0 Å². The van der Waals surface area contributed by atoms with Gasteiger partial charge < -0.3 is 10.3 Å². The Hall–Kier alpha value is -2.10. The van der Waals surface area contributed by atoms with E-state index < -0.39 is 0 Å². The number of para-hydroxylation sites is 1. The Kier molecular flexibility index (Phi) is 6.70. The highest BCUT2D eigenvalue weighted by Gasteiger charge is 2.15. The lowest BCUT2D eigenvalue weighted by atomic mass is 10.0. The maximum Gasteiger partial charge on any atom is 0.0884 e. The van der Waals surface area contributed by atoms with Crippen molar-refractivity contribution in [2.24, 2.45) is 0 Å². The number of aromatic amines is 1. The zero-order chi connectivity index (χ0) is 19.2. The van der Waals surface area contributed by atoms with E-state index in [1.165, 1.54) is 27.7 Å². The van der Waals surface area contributed by atoms with E-state index in [2.05, 4.69) is 97.5 Å². The summed E-state index contributed by atoms with van der Waals surface area (Å²) in [7, 11) is 0. The van der Waals surface area contributed by atoms with Crippen LogP contribution in [0.2, 0.25) is 0 Å². The summed E-state index contributed by atoms with van der Waals surface area (Å²) in [5, 5.41) is 3.82. The fraction of sp³-hybridized carbons (Fsp3) is 0.417. The summed E-state index contributed by atoms with van der Waals surface area (Å²) < 4.78 is 0. The zero-order valence-electron chi connectivity index (χ0n) is 17.2. The van der Waals surface area contributed by atoms with Gasteiger partial charge in [-0.15, -0.1) is 0 Å². The van der Waals surface area contributed by atoms with E-state index in [9.17, 15) is 0 Å². The Morgan fingerprint density at radius 1 is 0.852 bits per heavy atom. The van der Waals surface area contributed by atoms with Crippen LogP contribution in [0.4, 0.5) is 0 Å². The summed E-state index contributed by atoms with van der Waals surface area (Å²) in [6.45, 7) is 12.6. The molecule has 0 saturated carbocycles. The molecule has 0 aliphatic heterocycles. The van der Waals surface area contributed by atoms with Gasteiger partial charge >= 0.3 is 0 Å². The lowest BCUT2D eigenvalue weighted by molar-refractivity contribution is -0.654. The predicted octanol–water partition coefficient (Wildman–Crippen LogP) is 4.06. The molecule has 0 aliphatic rings. The summed E-state index contributed by atoms with van der Waals surface area (Å²) in [5.41, 5.74) is 5.22. The van der Waals surface area contributed by atoms with Gasteiger partial charge in [0, 0.05) is 41.6 Å². The van der Waals surface area contributed by atoms with E-state index >= 15 is 0 Å². The third kappa shape index (κ3) is 4.79. The Bertz CT molecular complexity index is 825. The Balaban J connectivity index is 1.68. The molecule has 144 valence electrons. The monoisotopic (exact) mass is 364 g/mol. The molecule has 2 aromatic carbocycles. The average molecular weight is 365 g/mol. The number of nitrogens with one attached hydrogen (secondary N) is 1. The minimum absolute atomic E-state index is 0.608. The van der Waals surface area contributed by atoms with Gasteiger partial charge in [0.15, 0.2) is 0 Å². The maximum atomic E-state index is 3.65. The standard InChI is InChI=1S/C24H33N3/c1-18(2)27(19(3)4)17-16-25-15-14-22-21-12-8-9-13-23(21)26-24(22)20-10-6-5-7-11-20/h5-13,18-19,25-26H,14-17H2,1-4H3/p+1. The third-order valence-corrected chi connectivity index (χ3v) is 5.39. The van der Waals surface area contributed by atoms with E-state index in [1.807, 2.05) is 0 Å². The first kappa shape index (κ1) is 19.7. The molecule has 0 unspecified atom stereocenters. The predicted molar refractivity (Wildman–Crippen MR) is 116 cm³/mol. The molecular weight excluding hydrogens is 330 g/mol. The summed E-state index contributed by atoms with van der Waals surface area (Å²) in [4.78, 5) is 6.21. The van der Waals surface area contributed by atoms with Crippen LogP contribution in [0.15, 0.2) is 54.6 Å². The lowest BCUT2D eigenvalue weighted by Crippen LogP contribution is -2.86. The number of nitrogens with two attached hydrogens (primary N) is 1. The summed E-state index contributed by atoms with van der Waals surface area (Å²) in [6.07, 6.45) is 1.08. The maximum absolute atomic E-state index is 3.65. The molecule has 3 N–H and O–H groups in total. The molecule has 3 aromatic rings. The van der Waals surface area contributed by atoms with Crippen LogP contribution in [0, 0.1) is 0 Å². The molecule has 3 nitrogen and oxygen atoms in total.